The predicted molar refractivity (Wildman–Crippen MR) is 122 cm³/mol. The van der Waals surface area contributed by atoms with E-state index in [1.807, 2.05) is 31.6 Å². The monoisotopic (exact) mass is 434 g/mol. The molecule has 1 aromatic carbocycles. The van der Waals surface area contributed by atoms with Crippen LogP contribution in [0.4, 0.5) is 27.4 Å². The number of halogens is 1. The number of hydrogen-bond donors (Lipinski definition) is 3. The summed E-state index contributed by atoms with van der Waals surface area (Å²) in [7, 11) is 0. The van der Waals surface area contributed by atoms with Crippen LogP contribution in [0.2, 0.25) is 0 Å². The number of anilines is 4. The Hall–Kier alpha value is -3.95. The molecular formula is C22H23FN8O. The predicted octanol–water partition coefficient (Wildman–Crippen LogP) is 4.05. The smallest absolute Gasteiger partial charge is 0.237 e. The first kappa shape index (κ1) is 20.0. The number of aromatic nitrogens is 5. The highest BCUT2D eigenvalue weighted by atomic mass is 19.1. The fourth-order valence-electron chi connectivity index (χ4n) is 3.74. The molecule has 0 radical (unpaired) electrons. The highest BCUT2D eigenvalue weighted by Crippen LogP contribution is 2.39. The molecule has 0 atom stereocenters. The maximum Gasteiger partial charge on any atom is 0.237 e. The Morgan fingerprint density at radius 2 is 2.06 bits per heavy atom. The number of rotatable bonds is 4. The summed E-state index contributed by atoms with van der Waals surface area (Å²) < 4.78 is 22.7. The topological polar surface area (TPSA) is 116 Å². The molecule has 0 saturated heterocycles. The summed E-state index contributed by atoms with van der Waals surface area (Å²) in [6.45, 7) is 7.19. The van der Waals surface area contributed by atoms with Gasteiger partial charge in [0.2, 0.25) is 11.8 Å². The lowest BCUT2D eigenvalue weighted by Gasteiger charge is -2.22. The van der Waals surface area contributed by atoms with E-state index in [1.165, 1.54) is 6.20 Å². The van der Waals surface area contributed by atoms with E-state index in [2.05, 4.69) is 30.7 Å². The average Bonchev–Trinajstić information content (AvgIpc) is 3.26. The summed E-state index contributed by atoms with van der Waals surface area (Å²) in [6, 6.07) is 1.91. The van der Waals surface area contributed by atoms with Crippen LogP contribution < -0.4 is 21.1 Å². The minimum absolute atomic E-state index is 0.00185. The van der Waals surface area contributed by atoms with Gasteiger partial charge in [-0.15, -0.1) is 0 Å². The second-order valence-corrected chi connectivity index (χ2v) is 7.96. The molecule has 32 heavy (non-hydrogen) atoms. The second-order valence-electron chi connectivity index (χ2n) is 7.96. The van der Waals surface area contributed by atoms with Crippen molar-refractivity contribution in [1.29, 1.82) is 0 Å². The molecule has 0 amide bonds. The van der Waals surface area contributed by atoms with E-state index < -0.39 is 5.82 Å². The molecule has 4 aromatic rings. The van der Waals surface area contributed by atoms with E-state index in [0.29, 0.717) is 47.0 Å². The first-order valence-electron chi connectivity index (χ1n) is 10.3. The standard InChI is InChI=1S/C22H23FN8O/c1-11(2)31-10-13(7-28-31)29-22-27-9-16-17(30-22)6-14(18(23)19(16)24)15-8-26-21-20(12(15)3)25-4-5-32-21/h6-11,25H,4-5,24H2,1-3H3,(H,27,29,30). The molecule has 3 aromatic heterocycles. The van der Waals surface area contributed by atoms with Gasteiger partial charge in [-0.1, -0.05) is 0 Å². The Kier molecular flexibility index (Phi) is 4.76. The third kappa shape index (κ3) is 3.33. The van der Waals surface area contributed by atoms with Gasteiger partial charge in [0.05, 0.1) is 23.1 Å². The highest BCUT2D eigenvalue weighted by Gasteiger charge is 2.21. The quantitative estimate of drug-likeness (QED) is 0.412. The molecule has 4 heterocycles. The van der Waals surface area contributed by atoms with Gasteiger partial charge in [0.1, 0.15) is 12.3 Å². The van der Waals surface area contributed by atoms with E-state index in [4.69, 9.17) is 10.5 Å². The van der Waals surface area contributed by atoms with E-state index in [9.17, 15) is 0 Å². The van der Waals surface area contributed by atoms with Crippen molar-refractivity contribution >= 4 is 33.9 Å². The summed E-state index contributed by atoms with van der Waals surface area (Å²) in [4.78, 5) is 13.2. The second kappa shape index (κ2) is 7.63. The van der Waals surface area contributed by atoms with Crippen LogP contribution in [-0.4, -0.2) is 37.9 Å². The fraction of sp³-hybridized carbons (Fsp3) is 0.273. The number of nitrogens with zero attached hydrogens (tertiary/aromatic N) is 5. The van der Waals surface area contributed by atoms with Crippen molar-refractivity contribution in [2.24, 2.45) is 0 Å². The molecule has 0 fully saturated rings. The molecule has 9 nitrogen and oxygen atoms in total. The number of ether oxygens (including phenoxy) is 1. The largest absolute Gasteiger partial charge is 0.474 e. The van der Waals surface area contributed by atoms with Gasteiger partial charge in [-0.05, 0) is 32.4 Å². The molecule has 0 bridgehead atoms. The van der Waals surface area contributed by atoms with Gasteiger partial charge in [0.25, 0.3) is 0 Å². The van der Waals surface area contributed by atoms with Crippen LogP contribution in [0.15, 0.2) is 30.9 Å². The Labute approximate surface area is 183 Å². The fourth-order valence-corrected chi connectivity index (χ4v) is 3.74. The number of nitrogen functional groups attached to an aromatic ring is 1. The number of pyridine rings is 1. The molecule has 0 aliphatic carbocycles. The molecule has 5 rings (SSSR count). The Balaban J connectivity index is 1.58. The van der Waals surface area contributed by atoms with Crippen LogP contribution >= 0.6 is 0 Å². The minimum Gasteiger partial charge on any atom is -0.474 e. The lowest BCUT2D eigenvalue weighted by Crippen LogP contribution is -2.20. The summed E-state index contributed by atoms with van der Waals surface area (Å²) >= 11 is 0. The van der Waals surface area contributed by atoms with Crippen LogP contribution in [-0.2, 0) is 0 Å². The third-order valence-electron chi connectivity index (χ3n) is 5.49. The van der Waals surface area contributed by atoms with Crippen LogP contribution in [0.5, 0.6) is 5.88 Å². The first-order chi connectivity index (χ1) is 15.4. The lowest BCUT2D eigenvalue weighted by molar-refractivity contribution is 0.310. The van der Waals surface area contributed by atoms with Crippen molar-refractivity contribution in [1.82, 2.24) is 24.7 Å². The zero-order valence-corrected chi connectivity index (χ0v) is 18.0. The van der Waals surface area contributed by atoms with Crippen molar-refractivity contribution in [2.75, 3.05) is 29.5 Å². The van der Waals surface area contributed by atoms with Crippen molar-refractivity contribution in [3.63, 3.8) is 0 Å². The molecule has 4 N–H and O–H groups in total. The maximum atomic E-state index is 15.3. The van der Waals surface area contributed by atoms with Crippen LogP contribution in [0.25, 0.3) is 22.0 Å². The SMILES string of the molecule is Cc1c(-c2cc3nc(Nc4cnn(C(C)C)c4)ncc3c(N)c2F)cnc2c1NCCO2. The first-order valence-corrected chi connectivity index (χ1v) is 10.3. The maximum absolute atomic E-state index is 15.3. The molecular weight excluding hydrogens is 411 g/mol. The minimum atomic E-state index is -0.526. The zero-order chi connectivity index (χ0) is 22.4. The van der Waals surface area contributed by atoms with Crippen LogP contribution in [0.1, 0.15) is 25.5 Å². The zero-order valence-electron chi connectivity index (χ0n) is 18.0. The molecule has 164 valence electrons. The molecule has 1 aliphatic rings. The van der Waals surface area contributed by atoms with E-state index in [1.54, 1.807) is 18.5 Å². The summed E-state index contributed by atoms with van der Waals surface area (Å²) in [5.74, 6) is 0.358. The van der Waals surface area contributed by atoms with Gasteiger partial charge < -0.3 is 21.1 Å². The lowest BCUT2D eigenvalue weighted by atomic mass is 9.98. The highest BCUT2D eigenvalue weighted by molar-refractivity contribution is 5.96. The summed E-state index contributed by atoms with van der Waals surface area (Å²) in [5, 5.41) is 11.2. The van der Waals surface area contributed by atoms with Gasteiger partial charge in [0.15, 0.2) is 5.82 Å². The van der Waals surface area contributed by atoms with Crippen molar-refractivity contribution in [3.8, 4) is 17.0 Å². The van der Waals surface area contributed by atoms with Gasteiger partial charge in [-0.2, -0.15) is 5.10 Å². The van der Waals surface area contributed by atoms with Crippen LogP contribution in [0.3, 0.4) is 0 Å². The van der Waals surface area contributed by atoms with Crippen LogP contribution in [0, 0.1) is 12.7 Å². The summed E-state index contributed by atoms with van der Waals surface area (Å²) in [6.07, 6.45) is 6.70. The van der Waals surface area contributed by atoms with E-state index in [-0.39, 0.29) is 11.7 Å². The van der Waals surface area contributed by atoms with Gasteiger partial charge in [-0.25, -0.2) is 19.3 Å². The van der Waals surface area contributed by atoms with Crippen molar-refractivity contribution < 1.29 is 9.13 Å². The molecule has 0 spiro atoms. The van der Waals surface area contributed by atoms with Crippen molar-refractivity contribution in [2.45, 2.75) is 26.8 Å². The van der Waals surface area contributed by atoms with Gasteiger partial charge >= 0.3 is 0 Å². The number of benzene rings is 1. The number of hydrogen-bond acceptors (Lipinski definition) is 8. The molecule has 1 aliphatic heterocycles. The number of fused-ring (bicyclic) bond motifs is 2. The Morgan fingerprint density at radius 3 is 2.84 bits per heavy atom. The van der Waals surface area contributed by atoms with Gasteiger partial charge in [0, 0.05) is 47.7 Å². The summed E-state index contributed by atoms with van der Waals surface area (Å²) in [5.41, 5.74) is 9.96. The average molecular weight is 434 g/mol. The van der Waals surface area contributed by atoms with Gasteiger partial charge in [-0.3, -0.25) is 4.68 Å². The van der Waals surface area contributed by atoms with Crippen molar-refractivity contribution in [3.05, 3.63) is 42.2 Å². The third-order valence-corrected chi connectivity index (χ3v) is 5.49. The molecule has 0 saturated carbocycles. The van der Waals surface area contributed by atoms with E-state index >= 15 is 4.39 Å². The normalized spacial score (nSPS) is 13.0. The Morgan fingerprint density at radius 1 is 1.22 bits per heavy atom. The number of nitrogens with one attached hydrogen (secondary N) is 2. The molecule has 0 unspecified atom stereocenters. The molecule has 10 heteroatoms. The number of nitrogens with two attached hydrogens (primary N) is 1. The van der Waals surface area contributed by atoms with E-state index in [0.717, 1.165) is 16.9 Å². The Bertz CT molecular complexity index is 1330.